The van der Waals surface area contributed by atoms with E-state index in [-0.39, 0.29) is 10.8 Å². The Labute approximate surface area is 384 Å². The average Bonchev–Trinajstić information content (AvgIpc) is 3.84. The molecule has 0 fully saturated rings. The number of nitrogens with zero attached hydrogens (tertiary/aromatic N) is 2. The van der Waals surface area contributed by atoms with Gasteiger partial charge in [0.25, 0.3) is 0 Å². The molecule has 1 aromatic heterocycles. The minimum Gasteiger partial charge on any atom is -0.307 e. The van der Waals surface area contributed by atoms with E-state index >= 15 is 0 Å². The van der Waals surface area contributed by atoms with Gasteiger partial charge in [-0.15, -0.1) is 11.3 Å². The molecule has 310 valence electrons. The van der Waals surface area contributed by atoms with Crippen LogP contribution in [0.4, 0.5) is 34.1 Å². The van der Waals surface area contributed by atoms with Crippen LogP contribution < -0.4 is 9.80 Å². The van der Waals surface area contributed by atoms with E-state index < -0.39 is 0 Å². The zero-order valence-electron chi connectivity index (χ0n) is 36.9. The van der Waals surface area contributed by atoms with Crippen molar-refractivity contribution in [3.8, 4) is 22.3 Å². The Bertz CT molecular complexity index is 3750. The molecule has 2 aliphatic rings. The van der Waals surface area contributed by atoms with Gasteiger partial charge in [0.05, 0.1) is 33.1 Å². The van der Waals surface area contributed by atoms with Gasteiger partial charge in [0.1, 0.15) is 0 Å². The van der Waals surface area contributed by atoms with E-state index in [2.05, 4.69) is 244 Å². The molecule has 0 saturated heterocycles. The third-order valence-electron chi connectivity index (χ3n) is 14.6. The zero-order chi connectivity index (χ0) is 43.6. The second kappa shape index (κ2) is 14.0. The molecule has 11 aromatic rings. The van der Waals surface area contributed by atoms with Crippen LogP contribution in [0.25, 0.3) is 64.0 Å². The van der Waals surface area contributed by atoms with Crippen LogP contribution in [-0.2, 0) is 10.8 Å². The third kappa shape index (κ3) is 5.46. The number of rotatable bonds is 5. The molecule has 13 rings (SSSR count). The van der Waals surface area contributed by atoms with Gasteiger partial charge in [-0.1, -0.05) is 191 Å². The zero-order valence-corrected chi connectivity index (χ0v) is 37.7. The highest BCUT2D eigenvalue weighted by Crippen LogP contribution is 2.60. The molecule has 0 unspecified atom stereocenters. The molecule has 0 radical (unpaired) electrons. The number of para-hydroxylation sites is 1. The molecular weight excluding hydrogens is 805 g/mol. The third-order valence-corrected chi connectivity index (χ3v) is 15.8. The first-order chi connectivity index (χ1) is 31.8. The van der Waals surface area contributed by atoms with E-state index in [1.54, 1.807) is 0 Å². The summed E-state index contributed by atoms with van der Waals surface area (Å²) in [6.45, 7) is 9.60. The van der Waals surface area contributed by atoms with Crippen LogP contribution in [0.2, 0.25) is 0 Å². The minimum absolute atomic E-state index is 0.169. The van der Waals surface area contributed by atoms with Gasteiger partial charge in [-0.3, -0.25) is 0 Å². The molecule has 2 heterocycles. The molecule has 2 nitrogen and oxygen atoms in total. The van der Waals surface area contributed by atoms with Crippen molar-refractivity contribution in [1.29, 1.82) is 0 Å². The van der Waals surface area contributed by atoms with Crippen LogP contribution >= 0.6 is 11.3 Å². The van der Waals surface area contributed by atoms with Gasteiger partial charge in [0.15, 0.2) is 0 Å². The van der Waals surface area contributed by atoms with E-state index in [0.717, 1.165) is 17.1 Å². The Balaban J connectivity index is 1.14. The SMILES string of the molecule is CC1(C)c2ccccc2-c2ccc(N(c3ccc4ccccc4c3N3c4ccccc4C(C)(C)c4c(-c5cccc6ccccc56)cccc43)c3cccc4c3sc3ccccc34)cc21. The summed E-state index contributed by atoms with van der Waals surface area (Å²) in [5, 5.41) is 7.48. The number of anilines is 6. The molecule has 0 atom stereocenters. The minimum atomic E-state index is -0.316. The maximum absolute atomic E-state index is 2.60. The monoisotopic (exact) mass is 850 g/mol. The first-order valence-corrected chi connectivity index (χ1v) is 23.6. The summed E-state index contributed by atoms with van der Waals surface area (Å²) in [6, 6.07) is 77.3. The molecule has 0 N–H and O–H groups in total. The molecule has 1 aliphatic heterocycles. The number of hydrogen-bond acceptors (Lipinski definition) is 3. The van der Waals surface area contributed by atoms with Crippen molar-refractivity contribution in [2.45, 2.75) is 38.5 Å². The Kier molecular flexibility index (Phi) is 8.20. The van der Waals surface area contributed by atoms with E-state index in [9.17, 15) is 0 Å². The summed E-state index contributed by atoms with van der Waals surface area (Å²) in [6.07, 6.45) is 0. The fraction of sp³-hybridized carbons (Fsp3) is 0.0968. The molecule has 0 spiro atoms. The highest BCUT2D eigenvalue weighted by Gasteiger charge is 2.41. The van der Waals surface area contributed by atoms with Crippen LogP contribution in [0, 0.1) is 0 Å². The van der Waals surface area contributed by atoms with Gasteiger partial charge in [-0.25, -0.2) is 0 Å². The van der Waals surface area contributed by atoms with E-state index in [0.29, 0.717) is 0 Å². The lowest BCUT2D eigenvalue weighted by Gasteiger charge is -2.44. The number of fused-ring (bicyclic) bond motifs is 10. The highest BCUT2D eigenvalue weighted by atomic mass is 32.1. The molecule has 3 heteroatoms. The van der Waals surface area contributed by atoms with Crippen LogP contribution in [-0.4, -0.2) is 0 Å². The average molecular weight is 851 g/mol. The largest absolute Gasteiger partial charge is 0.307 e. The Hall–Kier alpha value is -7.46. The fourth-order valence-electron chi connectivity index (χ4n) is 11.6. The first-order valence-electron chi connectivity index (χ1n) is 22.8. The van der Waals surface area contributed by atoms with Crippen molar-refractivity contribution >= 4 is 87.2 Å². The molecule has 0 bridgehead atoms. The summed E-state index contributed by atoms with van der Waals surface area (Å²) in [4.78, 5) is 5.18. The predicted octanol–water partition coefficient (Wildman–Crippen LogP) is 17.9. The summed E-state index contributed by atoms with van der Waals surface area (Å²) in [7, 11) is 0. The lowest BCUT2D eigenvalue weighted by molar-refractivity contribution is 0.634. The topological polar surface area (TPSA) is 6.48 Å². The normalized spacial score (nSPS) is 14.4. The summed E-state index contributed by atoms with van der Waals surface area (Å²) < 4.78 is 2.57. The van der Waals surface area contributed by atoms with Crippen LogP contribution in [0.3, 0.4) is 0 Å². The quantitative estimate of drug-likeness (QED) is 0.170. The molecule has 65 heavy (non-hydrogen) atoms. The van der Waals surface area contributed by atoms with Crippen molar-refractivity contribution in [2.75, 3.05) is 9.80 Å². The Morgan fingerprint density at radius 3 is 1.86 bits per heavy atom. The maximum Gasteiger partial charge on any atom is 0.0781 e. The highest BCUT2D eigenvalue weighted by molar-refractivity contribution is 7.26. The van der Waals surface area contributed by atoms with Gasteiger partial charge < -0.3 is 9.80 Å². The second-order valence-electron chi connectivity index (χ2n) is 18.8. The number of hydrogen-bond donors (Lipinski definition) is 0. The van der Waals surface area contributed by atoms with Gasteiger partial charge in [0, 0.05) is 37.4 Å². The van der Waals surface area contributed by atoms with Crippen molar-refractivity contribution in [1.82, 2.24) is 0 Å². The van der Waals surface area contributed by atoms with Crippen LogP contribution in [0.1, 0.15) is 49.9 Å². The van der Waals surface area contributed by atoms with E-state index in [1.807, 2.05) is 11.3 Å². The molecule has 1 aliphatic carbocycles. The summed E-state index contributed by atoms with van der Waals surface area (Å²) in [5.74, 6) is 0. The number of thiophene rings is 1. The standard InChI is InChI=1S/C62H46N2S/c1-61(2)50-28-11-9-23-45(50)46-36-35-41(38-52(46)61)63(56-32-17-27-49-47-24-10-14-33-57(47)65-60(49)56)55-37-34-40-19-6-8-22-43(40)59(55)64-53-30-13-12-29-51(53)62(3,4)58-48(26-16-31-54(58)64)44-25-15-20-39-18-5-7-21-42(39)44/h5-38H,1-4H3. The summed E-state index contributed by atoms with van der Waals surface area (Å²) >= 11 is 1.89. The van der Waals surface area contributed by atoms with E-state index in [1.165, 1.54) is 103 Å². The first kappa shape index (κ1) is 38.0. The second-order valence-corrected chi connectivity index (χ2v) is 19.9. The van der Waals surface area contributed by atoms with Crippen LogP contribution in [0.5, 0.6) is 0 Å². The molecule has 10 aromatic carbocycles. The van der Waals surface area contributed by atoms with Gasteiger partial charge in [0.2, 0.25) is 0 Å². The van der Waals surface area contributed by atoms with Crippen molar-refractivity contribution in [2.24, 2.45) is 0 Å². The Morgan fingerprint density at radius 2 is 1.00 bits per heavy atom. The van der Waals surface area contributed by atoms with Crippen LogP contribution in [0.15, 0.2) is 206 Å². The van der Waals surface area contributed by atoms with Gasteiger partial charge in [-0.05, 0) is 103 Å². The predicted molar refractivity (Wildman–Crippen MR) is 279 cm³/mol. The van der Waals surface area contributed by atoms with Gasteiger partial charge >= 0.3 is 0 Å². The number of benzene rings is 10. The van der Waals surface area contributed by atoms with Crippen molar-refractivity contribution in [3.63, 3.8) is 0 Å². The smallest absolute Gasteiger partial charge is 0.0781 e. The Morgan fingerprint density at radius 1 is 0.400 bits per heavy atom. The fourth-order valence-corrected chi connectivity index (χ4v) is 12.8. The lowest BCUT2D eigenvalue weighted by atomic mass is 9.70. The molecular formula is C62H46N2S. The van der Waals surface area contributed by atoms with Gasteiger partial charge in [-0.2, -0.15) is 0 Å². The molecule has 0 amide bonds. The molecule has 0 saturated carbocycles. The maximum atomic E-state index is 2.60. The lowest BCUT2D eigenvalue weighted by Crippen LogP contribution is -2.32. The van der Waals surface area contributed by atoms with E-state index in [4.69, 9.17) is 0 Å². The summed E-state index contributed by atoms with van der Waals surface area (Å²) in [5.41, 5.74) is 17.0. The van der Waals surface area contributed by atoms with Crippen molar-refractivity contribution < 1.29 is 0 Å². The van der Waals surface area contributed by atoms with Crippen molar-refractivity contribution in [3.05, 3.63) is 229 Å².